The van der Waals surface area contributed by atoms with Crippen LogP contribution < -0.4 is 15.0 Å². The van der Waals surface area contributed by atoms with E-state index in [0.717, 1.165) is 17.5 Å². The maximum atomic E-state index is 12.5. The number of carbonyl (C=O) groups excluding carboxylic acids is 1. The Morgan fingerprint density at radius 1 is 1.13 bits per heavy atom. The number of fused-ring (bicyclic) bond motifs is 1. The molecule has 0 aliphatic carbocycles. The molecule has 2 heterocycles. The van der Waals surface area contributed by atoms with Gasteiger partial charge in [0.25, 0.3) is 5.91 Å². The molecule has 6 nitrogen and oxygen atoms in total. The number of amides is 1. The zero-order valence-corrected chi connectivity index (χ0v) is 13.1. The number of benzene rings is 1. The monoisotopic (exact) mass is 314 g/mol. The van der Waals surface area contributed by atoms with Gasteiger partial charge in [-0.15, -0.1) is 0 Å². The van der Waals surface area contributed by atoms with E-state index in [2.05, 4.69) is 4.98 Å². The number of rotatable bonds is 3. The first-order valence-electron chi connectivity index (χ1n) is 7.34. The van der Waals surface area contributed by atoms with Gasteiger partial charge in [0.2, 0.25) is 5.56 Å². The molecule has 0 saturated carbocycles. The van der Waals surface area contributed by atoms with Crippen LogP contribution in [0.25, 0.3) is 0 Å². The normalized spacial score (nSPS) is 13.4. The summed E-state index contributed by atoms with van der Waals surface area (Å²) in [6.45, 7) is 1.13. The van der Waals surface area contributed by atoms with Crippen LogP contribution >= 0.6 is 0 Å². The molecule has 1 aromatic heterocycles. The number of carbonyl (C=O) groups is 1. The predicted molar refractivity (Wildman–Crippen MR) is 85.1 cm³/mol. The van der Waals surface area contributed by atoms with Crippen LogP contribution in [0.4, 0.5) is 0 Å². The summed E-state index contributed by atoms with van der Waals surface area (Å²) >= 11 is 0. The lowest BCUT2D eigenvalue weighted by atomic mass is 9.98. The van der Waals surface area contributed by atoms with Crippen molar-refractivity contribution in [2.24, 2.45) is 0 Å². The lowest BCUT2D eigenvalue weighted by Crippen LogP contribution is -2.36. The van der Waals surface area contributed by atoms with Gasteiger partial charge in [0, 0.05) is 25.4 Å². The van der Waals surface area contributed by atoms with E-state index in [-0.39, 0.29) is 11.5 Å². The van der Waals surface area contributed by atoms with Crippen LogP contribution in [-0.2, 0) is 13.0 Å². The van der Waals surface area contributed by atoms with Gasteiger partial charge in [-0.25, -0.2) is 0 Å². The van der Waals surface area contributed by atoms with Gasteiger partial charge in [-0.1, -0.05) is 0 Å². The Bertz CT molecular complexity index is 777. The van der Waals surface area contributed by atoms with E-state index < -0.39 is 0 Å². The molecule has 0 radical (unpaired) electrons. The molecule has 3 rings (SSSR count). The number of hydrogen-bond donors (Lipinski definition) is 1. The van der Waals surface area contributed by atoms with Crippen LogP contribution in [0.5, 0.6) is 11.5 Å². The largest absolute Gasteiger partial charge is 0.493 e. The smallest absolute Gasteiger partial charge is 0.255 e. The van der Waals surface area contributed by atoms with E-state index in [1.165, 1.54) is 12.3 Å². The molecule has 1 aliphatic rings. The molecule has 1 aliphatic heterocycles. The molecule has 0 fully saturated rings. The van der Waals surface area contributed by atoms with E-state index in [1.807, 2.05) is 12.1 Å². The van der Waals surface area contributed by atoms with Crippen LogP contribution in [0.3, 0.4) is 0 Å². The number of methoxy groups -OCH3 is 2. The third kappa shape index (κ3) is 2.92. The average Bonchev–Trinajstić information content (AvgIpc) is 2.60. The highest BCUT2D eigenvalue weighted by atomic mass is 16.5. The van der Waals surface area contributed by atoms with Gasteiger partial charge in [-0.3, -0.25) is 9.59 Å². The first-order chi connectivity index (χ1) is 11.1. The third-order valence-corrected chi connectivity index (χ3v) is 4.04. The van der Waals surface area contributed by atoms with Gasteiger partial charge in [-0.05, 0) is 35.7 Å². The summed E-state index contributed by atoms with van der Waals surface area (Å²) in [5.41, 5.74) is 2.47. The summed E-state index contributed by atoms with van der Waals surface area (Å²) in [5.74, 6) is 1.26. The summed E-state index contributed by atoms with van der Waals surface area (Å²) < 4.78 is 10.6. The molecule has 120 valence electrons. The number of hydrogen-bond acceptors (Lipinski definition) is 4. The Balaban J connectivity index is 1.86. The Labute approximate surface area is 133 Å². The van der Waals surface area contributed by atoms with Gasteiger partial charge in [0.05, 0.1) is 19.8 Å². The second-order valence-electron chi connectivity index (χ2n) is 5.39. The SMILES string of the molecule is COc1cc2c(cc1OC)CN(C(=O)c1ccc(=O)[nH]c1)CC2. The highest BCUT2D eigenvalue weighted by Gasteiger charge is 2.23. The van der Waals surface area contributed by atoms with E-state index in [9.17, 15) is 9.59 Å². The molecular formula is C17H18N2O4. The maximum Gasteiger partial charge on any atom is 0.255 e. The van der Waals surface area contributed by atoms with Gasteiger partial charge < -0.3 is 19.4 Å². The van der Waals surface area contributed by atoms with Crippen LogP contribution in [0, 0.1) is 0 Å². The third-order valence-electron chi connectivity index (χ3n) is 4.04. The van der Waals surface area contributed by atoms with Crippen LogP contribution in [-0.4, -0.2) is 36.6 Å². The predicted octanol–water partition coefficient (Wildman–Crippen LogP) is 1.59. The molecule has 0 bridgehead atoms. The zero-order valence-electron chi connectivity index (χ0n) is 13.1. The minimum atomic E-state index is -0.220. The second kappa shape index (κ2) is 6.16. The maximum absolute atomic E-state index is 12.5. The summed E-state index contributed by atoms with van der Waals surface area (Å²) in [6.07, 6.45) is 2.21. The molecule has 1 aromatic carbocycles. The molecule has 0 spiro atoms. The van der Waals surface area contributed by atoms with Crippen molar-refractivity contribution in [2.45, 2.75) is 13.0 Å². The molecule has 1 N–H and O–H groups in total. The van der Waals surface area contributed by atoms with Gasteiger partial charge in [-0.2, -0.15) is 0 Å². The van der Waals surface area contributed by atoms with Crippen molar-refractivity contribution < 1.29 is 14.3 Å². The summed E-state index contributed by atoms with van der Waals surface area (Å²) in [7, 11) is 3.20. The van der Waals surface area contributed by atoms with E-state index >= 15 is 0 Å². The molecule has 2 aromatic rings. The minimum absolute atomic E-state index is 0.0957. The quantitative estimate of drug-likeness (QED) is 0.934. The number of aromatic amines is 1. The van der Waals surface area contributed by atoms with E-state index in [4.69, 9.17) is 9.47 Å². The number of nitrogens with zero attached hydrogens (tertiary/aromatic N) is 1. The number of nitrogens with one attached hydrogen (secondary N) is 1. The Morgan fingerprint density at radius 2 is 1.83 bits per heavy atom. The van der Waals surface area contributed by atoms with Crippen LogP contribution in [0.1, 0.15) is 21.5 Å². The van der Waals surface area contributed by atoms with Crippen molar-refractivity contribution >= 4 is 5.91 Å². The highest BCUT2D eigenvalue weighted by molar-refractivity contribution is 5.94. The molecular weight excluding hydrogens is 296 g/mol. The standard InChI is InChI=1S/C17H18N2O4/c1-22-14-7-11-5-6-19(10-13(11)8-15(14)23-2)17(21)12-3-4-16(20)18-9-12/h3-4,7-9H,5-6,10H2,1-2H3,(H,18,20). The molecule has 0 unspecified atom stereocenters. The Hall–Kier alpha value is -2.76. The lowest BCUT2D eigenvalue weighted by molar-refractivity contribution is 0.0734. The lowest BCUT2D eigenvalue weighted by Gasteiger charge is -2.29. The average molecular weight is 314 g/mol. The molecule has 6 heteroatoms. The molecule has 23 heavy (non-hydrogen) atoms. The van der Waals surface area contributed by atoms with Crippen molar-refractivity contribution in [2.75, 3.05) is 20.8 Å². The molecule has 0 saturated heterocycles. The number of ether oxygens (including phenoxy) is 2. The Morgan fingerprint density at radius 3 is 2.43 bits per heavy atom. The number of H-pyrrole nitrogens is 1. The van der Waals surface area contributed by atoms with Gasteiger partial charge in [0.15, 0.2) is 11.5 Å². The van der Waals surface area contributed by atoms with Crippen molar-refractivity contribution in [1.29, 1.82) is 0 Å². The summed E-state index contributed by atoms with van der Waals surface area (Å²) in [6, 6.07) is 6.79. The first-order valence-corrected chi connectivity index (χ1v) is 7.34. The molecule has 0 atom stereocenters. The summed E-state index contributed by atoms with van der Waals surface area (Å²) in [5, 5.41) is 0. The van der Waals surface area contributed by atoms with E-state index in [0.29, 0.717) is 30.2 Å². The minimum Gasteiger partial charge on any atom is -0.493 e. The Kier molecular flexibility index (Phi) is 4.06. The fraction of sp³-hybridized carbons (Fsp3) is 0.294. The van der Waals surface area contributed by atoms with Gasteiger partial charge in [0.1, 0.15) is 0 Å². The van der Waals surface area contributed by atoms with Crippen molar-refractivity contribution in [3.8, 4) is 11.5 Å². The fourth-order valence-corrected chi connectivity index (χ4v) is 2.78. The van der Waals surface area contributed by atoms with Crippen LogP contribution in [0.15, 0.2) is 35.3 Å². The first kappa shape index (κ1) is 15.1. The fourth-order valence-electron chi connectivity index (χ4n) is 2.78. The zero-order chi connectivity index (χ0) is 16.4. The van der Waals surface area contributed by atoms with Gasteiger partial charge >= 0.3 is 0 Å². The van der Waals surface area contributed by atoms with Crippen LogP contribution in [0.2, 0.25) is 0 Å². The molecule has 1 amide bonds. The van der Waals surface area contributed by atoms with Crippen molar-refractivity contribution in [3.05, 3.63) is 57.5 Å². The number of aromatic nitrogens is 1. The van der Waals surface area contributed by atoms with Crippen molar-refractivity contribution in [3.63, 3.8) is 0 Å². The number of pyridine rings is 1. The highest BCUT2D eigenvalue weighted by Crippen LogP contribution is 2.33. The second-order valence-corrected chi connectivity index (χ2v) is 5.39. The van der Waals surface area contributed by atoms with E-state index in [1.54, 1.807) is 25.2 Å². The topological polar surface area (TPSA) is 71.6 Å². The van der Waals surface area contributed by atoms with Crippen molar-refractivity contribution in [1.82, 2.24) is 9.88 Å². The summed E-state index contributed by atoms with van der Waals surface area (Å²) in [4.78, 5) is 28.0.